The van der Waals surface area contributed by atoms with Gasteiger partial charge >= 0.3 is 0 Å². The van der Waals surface area contributed by atoms with Crippen molar-refractivity contribution in [3.63, 3.8) is 0 Å². The smallest absolute Gasteiger partial charge is 0.0101 e. The van der Waals surface area contributed by atoms with E-state index in [0.717, 1.165) is 12.0 Å². The largest absolute Gasteiger partial charge is 0.306 e. The van der Waals surface area contributed by atoms with E-state index in [-0.39, 0.29) is 0 Å². The summed E-state index contributed by atoms with van der Waals surface area (Å²) in [5, 5.41) is 0. The Hall–Kier alpha value is -0.560. The predicted octanol–water partition coefficient (Wildman–Crippen LogP) is 2.07. The molecule has 0 rings (SSSR count). The Morgan fingerprint density at radius 3 is 2.40 bits per heavy atom. The number of nitrogens with zero attached hydrogens (tertiary/aromatic N) is 1. The zero-order valence-electron chi connectivity index (χ0n) is 7.22. The van der Waals surface area contributed by atoms with E-state index in [2.05, 4.69) is 39.1 Å². The summed E-state index contributed by atoms with van der Waals surface area (Å²) in [6.07, 6.45) is 2.83. The number of hydrogen-bond donors (Lipinski definition) is 0. The van der Waals surface area contributed by atoms with Crippen molar-refractivity contribution < 1.29 is 0 Å². The second kappa shape index (κ2) is 4.29. The molecule has 0 aliphatic carbocycles. The van der Waals surface area contributed by atoms with Gasteiger partial charge in [-0.1, -0.05) is 24.8 Å². The fourth-order valence-electron chi connectivity index (χ4n) is 0.645. The molecule has 0 aliphatic heterocycles. The molecule has 0 amide bonds. The number of hydrogen-bond acceptors (Lipinski definition) is 1. The van der Waals surface area contributed by atoms with Crippen LogP contribution in [0.2, 0.25) is 0 Å². The molecule has 1 heteroatoms. The van der Waals surface area contributed by atoms with Gasteiger partial charge in [0.05, 0.1) is 0 Å². The first kappa shape index (κ1) is 9.44. The van der Waals surface area contributed by atoms with E-state index in [1.54, 1.807) is 0 Å². The van der Waals surface area contributed by atoms with Crippen molar-refractivity contribution in [2.75, 3.05) is 14.1 Å². The van der Waals surface area contributed by atoms with Crippen molar-refractivity contribution in [1.82, 2.24) is 4.90 Å². The van der Waals surface area contributed by atoms with Gasteiger partial charge in [-0.05, 0) is 27.4 Å². The minimum Gasteiger partial charge on any atom is -0.306 e. The first-order valence-electron chi connectivity index (χ1n) is 3.54. The van der Waals surface area contributed by atoms with Crippen LogP contribution in [0.1, 0.15) is 13.3 Å². The summed E-state index contributed by atoms with van der Waals surface area (Å²) in [5.41, 5.74) is 1.11. The van der Waals surface area contributed by atoms with Crippen molar-refractivity contribution >= 4 is 0 Å². The maximum Gasteiger partial charge on any atom is 0.0101 e. The van der Waals surface area contributed by atoms with Gasteiger partial charge in [-0.25, -0.2) is 0 Å². The molecule has 0 N–H and O–H groups in total. The average Bonchev–Trinajstić information content (AvgIpc) is 1.87. The van der Waals surface area contributed by atoms with E-state index in [1.165, 1.54) is 0 Å². The number of allylic oxidation sites excluding steroid dienone is 1. The highest BCUT2D eigenvalue weighted by molar-refractivity contribution is 5.11. The van der Waals surface area contributed by atoms with Crippen LogP contribution in [0.4, 0.5) is 0 Å². The molecular formula is C9H17N. The molecule has 0 aromatic heterocycles. The van der Waals surface area contributed by atoms with Gasteiger partial charge in [-0.2, -0.15) is 0 Å². The fraction of sp³-hybridized carbons (Fsp3) is 0.556. The molecule has 58 valence electrons. The first-order valence-corrected chi connectivity index (χ1v) is 3.54. The second-order valence-corrected chi connectivity index (χ2v) is 2.88. The summed E-state index contributed by atoms with van der Waals surface area (Å²) in [6, 6.07) is 0.561. The third kappa shape index (κ3) is 3.46. The highest BCUT2D eigenvalue weighted by atomic mass is 15.1. The molecule has 1 unspecified atom stereocenters. The average molecular weight is 139 g/mol. The molecule has 0 aliphatic rings. The van der Waals surface area contributed by atoms with Crippen molar-refractivity contribution in [3.8, 4) is 0 Å². The normalized spacial score (nSPS) is 13.2. The SMILES string of the molecule is C=CC(=C)CC(C)N(C)C. The molecule has 0 heterocycles. The Kier molecular flexibility index (Phi) is 4.05. The molecule has 0 aromatic rings. The molecule has 0 saturated heterocycles. The van der Waals surface area contributed by atoms with Gasteiger partial charge in [0.1, 0.15) is 0 Å². The molecule has 0 saturated carbocycles. The first-order chi connectivity index (χ1) is 4.57. The third-order valence-electron chi connectivity index (χ3n) is 1.73. The third-order valence-corrected chi connectivity index (χ3v) is 1.73. The van der Waals surface area contributed by atoms with Gasteiger partial charge in [0.2, 0.25) is 0 Å². The molecule has 10 heavy (non-hydrogen) atoms. The van der Waals surface area contributed by atoms with Crippen LogP contribution in [0.5, 0.6) is 0 Å². The molecule has 0 radical (unpaired) electrons. The maximum absolute atomic E-state index is 3.85. The van der Waals surface area contributed by atoms with Crippen LogP contribution in [0.3, 0.4) is 0 Å². The quantitative estimate of drug-likeness (QED) is 0.539. The van der Waals surface area contributed by atoms with Gasteiger partial charge in [-0.15, -0.1) is 0 Å². The molecule has 0 fully saturated rings. The predicted molar refractivity (Wildman–Crippen MR) is 47.1 cm³/mol. The minimum atomic E-state index is 0.561. The van der Waals surface area contributed by atoms with Crippen LogP contribution in [-0.2, 0) is 0 Å². The van der Waals surface area contributed by atoms with Crippen LogP contribution in [0.15, 0.2) is 24.8 Å². The van der Waals surface area contributed by atoms with Crippen molar-refractivity contribution in [2.24, 2.45) is 0 Å². The van der Waals surface area contributed by atoms with E-state index in [1.807, 2.05) is 6.08 Å². The molecule has 0 bridgehead atoms. The summed E-state index contributed by atoms with van der Waals surface area (Å²) < 4.78 is 0. The number of rotatable bonds is 4. The van der Waals surface area contributed by atoms with E-state index in [0.29, 0.717) is 6.04 Å². The Bertz CT molecular complexity index is 125. The molecule has 1 nitrogen and oxygen atoms in total. The van der Waals surface area contributed by atoms with Gasteiger partial charge in [-0.3, -0.25) is 0 Å². The van der Waals surface area contributed by atoms with Crippen LogP contribution < -0.4 is 0 Å². The van der Waals surface area contributed by atoms with E-state index in [4.69, 9.17) is 0 Å². The van der Waals surface area contributed by atoms with E-state index in [9.17, 15) is 0 Å². The summed E-state index contributed by atoms with van der Waals surface area (Å²) >= 11 is 0. The van der Waals surface area contributed by atoms with Crippen molar-refractivity contribution in [2.45, 2.75) is 19.4 Å². The monoisotopic (exact) mass is 139 g/mol. The highest BCUT2D eigenvalue weighted by Crippen LogP contribution is 2.06. The molecule has 0 spiro atoms. The lowest BCUT2D eigenvalue weighted by Crippen LogP contribution is -2.24. The fourth-order valence-corrected chi connectivity index (χ4v) is 0.645. The van der Waals surface area contributed by atoms with Gasteiger partial charge in [0, 0.05) is 6.04 Å². The van der Waals surface area contributed by atoms with Gasteiger partial charge in [0.25, 0.3) is 0 Å². The van der Waals surface area contributed by atoms with E-state index < -0.39 is 0 Å². The molecule has 1 atom stereocenters. The summed E-state index contributed by atoms with van der Waals surface area (Å²) in [7, 11) is 4.14. The Morgan fingerprint density at radius 1 is 1.60 bits per heavy atom. The van der Waals surface area contributed by atoms with Crippen LogP contribution in [0.25, 0.3) is 0 Å². The topological polar surface area (TPSA) is 3.24 Å². The zero-order chi connectivity index (χ0) is 8.15. The molecular weight excluding hydrogens is 122 g/mol. The Morgan fingerprint density at radius 2 is 2.10 bits per heavy atom. The Balaban J connectivity index is 3.67. The lowest BCUT2D eigenvalue weighted by Gasteiger charge is -2.19. The maximum atomic E-state index is 3.85. The van der Waals surface area contributed by atoms with Crippen LogP contribution in [0, 0.1) is 0 Å². The summed E-state index contributed by atoms with van der Waals surface area (Å²) in [5.74, 6) is 0. The zero-order valence-corrected chi connectivity index (χ0v) is 7.22. The van der Waals surface area contributed by atoms with Gasteiger partial charge < -0.3 is 4.90 Å². The lowest BCUT2D eigenvalue weighted by atomic mass is 10.1. The van der Waals surface area contributed by atoms with Crippen LogP contribution in [-0.4, -0.2) is 25.0 Å². The lowest BCUT2D eigenvalue weighted by molar-refractivity contribution is 0.313. The van der Waals surface area contributed by atoms with Crippen molar-refractivity contribution in [1.29, 1.82) is 0 Å². The Labute approximate surface area is 64.0 Å². The molecule has 0 aromatic carbocycles. The minimum absolute atomic E-state index is 0.561. The summed E-state index contributed by atoms with van der Waals surface area (Å²) in [6.45, 7) is 9.68. The standard InChI is InChI=1S/C9H17N/c1-6-8(2)7-9(3)10(4)5/h6,9H,1-2,7H2,3-5H3. The van der Waals surface area contributed by atoms with Crippen LogP contribution >= 0.6 is 0 Å². The van der Waals surface area contributed by atoms with Gasteiger partial charge in [0.15, 0.2) is 0 Å². The summed E-state index contributed by atoms with van der Waals surface area (Å²) in [4.78, 5) is 2.18. The highest BCUT2D eigenvalue weighted by Gasteiger charge is 2.03. The second-order valence-electron chi connectivity index (χ2n) is 2.88. The van der Waals surface area contributed by atoms with E-state index >= 15 is 0 Å². The van der Waals surface area contributed by atoms with Crippen molar-refractivity contribution in [3.05, 3.63) is 24.8 Å².